The summed E-state index contributed by atoms with van der Waals surface area (Å²) in [5, 5.41) is 2.90. The molecule has 7 heteroatoms. The van der Waals surface area contributed by atoms with Gasteiger partial charge in [0.05, 0.1) is 0 Å². The fraction of sp³-hybridized carbons (Fsp3) is 0.273. The van der Waals surface area contributed by atoms with Crippen LogP contribution in [0.3, 0.4) is 0 Å². The van der Waals surface area contributed by atoms with Crippen molar-refractivity contribution in [3.63, 3.8) is 0 Å². The Morgan fingerprint density at radius 3 is 2.34 bits per heavy atom. The molecule has 0 radical (unpaired) electrons. The van der Waals surface area contributed by atoms with E-state index < -0.39 is 0 Å². The van der Waals surface area contributed by atoms with E-state index in [1.165, 1.54) is 5.56 Å². The minimum absolute atomic E-state index is 0.253. The van der Waals surface area contributed by atoms with Gasteiger partial charge in [-0.05, 0) is 61.4 Å². The lowest BCUT2D eigenvalue weighted by Gasteiger charge is -2.18. The molecule has 2 heterocycles. The largest absolute Gasteiger partial charge is 0.378 e. The number of likely N-dealkylation sites (N-methyl/N-ethyl adjacent to an activating group) is 1. The normalized spacial score (nSPS) is 10.5. The van der Waals surface area contributed by atoms with Crippen LogP contribution in [0.5, 0.6) is 0 Å². The smallest absolute Gasteiger partial charge is 0.274 e. The van der Waals surface area contributed by atoms with Crippen LogP contribution in [0.1, 0.15) is 21.7 Å². The number of benzene rings is 1. The number of nitrogens with zero attached hydrogens (tertiary/aromatic N) is 5. The molecule has 0 saturated carbocycles. The monoisotopic (exact) mass is 390 g/mol. The predicted octanol–water partition coefficient (Wildman–Crippen LogP) is 3.18. The lowest BCUT2D eigenvalue weighted by molar-refractivity contribution is 0.102. The van der Waals surface area contributed by atoms with Crippen LogP contribution in [0.2, 0.25) is 0 Å². The van der Waals surface area contributed by atoms with Crippen LogP contribution in [0.25, 0.3) is 0 Å². The molecule has 3 rings (SSSR count). The number of pyridine rings is 1. The zero-order valence-electron chi connectivity index (χ0n) is 17.3. The number of anilines is 3. The number of rotatable bonds is 7. The van der Waals surface area contributed by atoms with Crippen molar-refractivity contribution in [2.75, 3.05) is 42.8 Å². The molecule has 0 aliphatic rings. The summed E-state index contributed by atoms with van der Waals surface area (Å²) in [6.45, 7) is 2.60. The molecule has 0 saturated heterocycles. The molecule has 0 spiro atoms. The molecular formula is C22H26N6O. The number of aryl methyl sites for hydroxylation is 1. The van der Waals surface area contributed by atoms with E-state index in [-0.39, 0.29) is 5.91 Å². The average Bonchev–Trinajstić information content (AvgIpc) is 2.72. The van der Waals surface area contributed by atoms with Crippen molar-refractivity contribution in [1.82, 2.24) is 15.0 Å². The van der Waals surface area contributed by atoms with Gasteiger partial charge in [0, 0.05) is 57.2 Å². The minimum atomic E-state index is -0.253. The Kier molecular flexibility index (Phi) is 6.39. The maximum absolute atomic E-state index is 12.7. The van der Waals surface area contributed by atoms with E-state index >= 15 is 0 Å². The molecule has 1 amide bonds. The van der Waals surface area contributed by atoms with Crippen LogP contribution >= 0.6 is 0 Å². The lowest BCUT2D eigenvalue weighted by Crippen LogP contribution is -2.24. The van der Waals surface area contributed by atoms with Crippen molar-refractivity contribution >= 4 is 23.2 Å². The number of hydrogen-bond acceptors (Lipinski definition) is 6. The van der Waals surface area contributed by atoms with Gasteiger partial charge < -0.3 is 15.1 Å². The van der Waals surface area contributed by atoms with Gasteiger partial charge in [-0.3, -0.25) is 9.78 Å². The van der Waals surface area contributed by atoms with Crippen LogP contribution in [0.4, 0.5) is 17.3 Å². The topological polar surface area (TPSA) is 74.2 Å². The number of nitrogens with one attached hydrogen (secondary N) is 1. The average molecular weight is 390 g/mol. The summed E-state index contributed by atoms with van der Waals surface area (Å²) >= 11 is 0. The molecule has 0 fully saturated rings. The van der Waals surface area contributed by atoms with E-state index in [0.717, 1.165) is 30.0 Å². The fourth-order valence-electron chi connectivity index (χ4n) is 2.82. The van der Waals surface area contributed by atoms with Crippen molar-refractivity contribution in [1.29, 1.82) is 0 Å². The van der Waals surface area contributed by atoms with Gasteiger partial charge >= 0.3 is 0 Å². The van der Waals surface area contributed by atoms with Gasteiger partial charge in [-0.2, -0.15) is 0 Å². The van der Waals surface area contributed by atoms with Gasteiger partial charge in [-0.15, -0.1) is 0 Å². The third-order valence-electron chi connectivity index (χ3n) is 4.54. The maximum Gasteiger partial charge on any atom is 0.274 e. The highest BCUT2D eigenvalue weighted by Crippen LogP contribution is 2.17. The molecule has 150 valence electrons. The molecule has 0 atom stereocenters. The molecule has 0 aliphatic heterocycles. The van der Waals surface area contributed by atoms with Crippen molar-refractivity contribution in [3.8, 4) is 0 Å². The van der Waals surface area contributed by atoms with Gasteiger partial charge in [-0.1, -0.05) is 0 Å². The summed E-state index contributed by atoms with van der Waals surface area (Å²) in [6.07, 6.45) is 4.41. The summed E-state index contributed by atoms with van der Waals surface area (Å²) in [7, 11) is 5.88. The molecule has 1 N–H and O–H groups in total. The third-order valence-corrected chi connectivity index (χ3v) is 4.54. The second-order valence-corrected chi connectivity index (χ2v) is 7.12. The van der Waals surface area contributed by atoms with E-state index in [1.54, 1.807) is 18.5 Å². The van der Waals surface area contributed by atoms with E-state index in [1.807, 2.05) is 74.3 Å². The Hall–Kier alpha value is -3.48. The van der Waals surface area contributed by atoms with Gasteiger partial charge in [0.15, 0.2) is 0 Å². The second-order valence-electron chi connectivity index (χ2n) is 7.12. The van der Waals surface area contributed by atoms with E-state index in [9.17, 15) is 4.79 Å². The van der Waals surface area contributed by atoms with Crippen LogP contribution in [-0.2, 0) is 6.42 Å². The summed E-state index contributed by atoms with van der Waals surface area (Å²) in [5.41, 5.74) is 4.08. The third kappa shape index (κ3) is 5.51. The fourth-order valence-corrected chi connectivity index (χ4v) is 2.82. The first-order chi connectivity index (χ1) is 13.9. The van der Waals surface area contributed by atoms with Gasteiger partial charge in [0.25, 0.3) is 5.91 Å². The first-order valence-electron chi connectivity index (χ1n) is 9.47. The van der Waals surface area contributed by atoms with Gasteiger partial charge in [0.1, 0.15) is 5.69 Å². The number of hydrogen-bond donors (Lipinski definition) is 1. The lowest BCUT2D eigenvalue weighted by atomic mass is 10.2. The Labute approximate surface area is 171 Å². The zero-order chi connectivity index (χ0) is 20.8. The van der Waals surface area contributed by atoms with Crippen LogP contribution in [0, 0.1) is 6.92 Å². The maximum atomic E-state index is 12.7. The second kappa shape index (κ2) is 9.14. The van der Waals surface area contributed by atoms with Crippen LogP contribution < -0.4 is 15.1 Å². The molecule has 2 aromatic heterocycles. The van der Waals surface area contributed by atoms with Crippen molar-refractivity contribution in [2.45, 2.75) is 13.3 Å². The summed E-state index contributed by atoms with van der Waals surface area (Å²) in [6, 6.07) is 13.4. The SMILES string of the molecule is Cc1cc(C(=O)Nc2ccc(N(C)C)cc2)nc(N(C)CCc2ccncc2)n1. The van der Waals surface area contributed by atoms with Crippen LogP contribution in [0.15, 0.2) is 54.9 Å². The summed E-state index contributed by atoms with van der Waals surface area (Å²) < 4.78 is 0. The number of amides is 1. The molecule has 0 bridgehead atoms. The Morgan fingerprint density at radius 2 is 1.69 bits per heavy atom. The molecule has 7 nitrogen and oxygen atoms in total. The summed E-state index contributed by atoms with van der Waals surface area (Å²) in [4.78, 5) is 29.7. The quantitative estimate of drug-likeness (QED) is 0.668. The van der Waals surface area contributed by atoms with Crippen molar-refractivity contribution in [2.24, 2.45) is 0 Å². The summed E-state index contributed by atoms with van der Waals surface area (Å²) in [5.74, 6) is 0.282. The van der Waals surface area contributed by atoms with Crippen LogP contribution in [-0.4, -0.2) is 48.5 Å². The number of carbonyl (C=O) groups is 1. The first kappa shape index (κ1) is 20.3. The highest BCUT2D eigenvalue weighted by molar-refractivity contribution is 6.03. The van der Waals surface area contributed by atoms with Crippen molar-refractivity contribution in [3.05, 3.63) is 71.8 Å². The molecule has 29 heavy (non-hydrogen) atoms. The Bertz CT molecular complexity index is 957. The van der Waals surface area contributed by atoms with Gasteiger partial charge in [-0.25, -0.2) is 9.97 Å². The Morgan fingerprint density at radius 1 is 1.00 bits per heavy atom. The number of aromatic nitrogens is 3. The molecule has 1 aromatic carbocycles. The van der Waals surface area contributed by atoms with E-state index in [2.05, 4.69) is 20.3 Å². The Balaban J connectivity index is 1.69. The minimum Gasteiger partial charge on any atom is -0.378 e. The zero-order valence-corrected chi connectivity index (χ0v) is 17.3. The number of carbonyl (C=O) groups excluding carboxylic acids is 1. The predicted molar refractivity (Wildman–Crippen MR) is 117 cm³/mol. The molecular weight excluding hydrogens is 364 g/mol. The molecule has 3 aromatic rings. The molecule has 0 unspecified atom stereocenters. The highest BCUT2D eigenvalue weighted by Gasteiger charge is 2.13. The highest BCUT2D eigenvalue weighted by atomic mass is 16.1. The van der Waals surface area contributed by atoms with E-state index in [4.69, 9.17) is 0 Å². The van der Waals surface area contributed by atoms with Gasteiger partial charge in [0.2, 0.25) is 5.95 Å². The van der Waals surface area contributed by atoms with Crippen molar-refractivity contribution < 1.29 is 4.79 Å². The molecule has 0 aliphatic carbocycles. The first-order valence-corrected chi connectivity index (χ1v) is 9.47. The van der Waals surface area contributed by atoms with E-state index in [0.29, 0.717) is 11.6 Å². The standard InChI is InChI=1S/C22H26N6O/c1-16-15-20(21(29)25-18-5-7-19(8-6-18)27(2)3)26-22(24-16)28(4)14-11-17-9-12-23-13-10-17/h5-10,12-13,15H,11,14H2,1-4H3,(H,25,29).